The van der Waals surface area contributed by atoms with Gasteiger partial charge in [-0.25, -0.2) is 9.59 Å². The zero-order chi connectivity index (χ0) is 15.3. The molecule has 3 saturated heterocycles. The lowest BCUT2D eigenvalue weighted by Crippen LogP contribution is -2.44. The number of carbonyl (C=O) groups excluding carboxylic acids is 3. The summed E-state index contributed by atoms with van der Waals surface area (Å²) in [7, 11) is 0. The van der Waals surface area contributed by atoms with Crippen LogP contribution in [0.25, 0.3) is 0 Å². The number of hydrogen-bond acceptors (Lipinski definition) is 7. The lowest BCUT2D eigenvalue weighted by atomic mass is 9.80. The number of ether oxygens (including phenoxy) is 4. The van der Waals surface area contributed by atoms with Gasteiger partial charge in [0, 0.05) is 11.5 Å². The van der Waals surface area contributed by atoms with E-state index in [0.29, 0.717) is 0 Å². The maximum atomic E-state index is 11.7. The van der Waals surface area contributed by atoms with Crippen molar-refractivity contribution in [2.24, 2.45) is 11.8 Å². The highest BCUT2D eigenvalue weighted by atomic mass is 16.7. The topological polar surface area (TPSA) is 88.1 Å². The monoisotopic (exact) mass is 296 g/mol. The van der Waals surface area contributed by atoms with Crippen LogP contribution in [0, 0.1) is 11.8 Å². The molecule has 3 fully saturated rings. The number of fused-ring (bicyclic) bond motifs is 1. The van der Waals surface area contributed by atoms with Crippen LogP contribution < -0.4 is 0 Å². The van der Waals surface area contributed by atoms with Crippen LogP contribution in [0.1, 0.15) is 13.8 Å². The Morgan fingerprint density at radius 2 is 2.00 bits per heavy atom. The molecule has 0 radical (unpaired) electrons. The van der Waals surface area contributed by atoms with Gasteiger partial charge in [0.25, 0.3) is 0 Å². The van der Waals surface area contributed by atoms with Gasteiger partial charge in [-0.1, -0.05) is 13.5 Å². The molecule has 3 heterocycles. The first-order valence-corrected chi connectivity index (χ1v) is 6.78. The van der Waals surface area contributed by atoms with Crippen molar-refractivity contribution in [2.75, 3.05) is 6.61 Å². The third-order valence-electron chi connectivity index (χ3n) is 4.19. The standard InChI is InChI=1S/C14H16O7/c1-5(2)13(16)18-4-7(15)19-11-9-6(3)8-10(20-9)12(11)21-14(8)17/h6,8-12H,1,4H2,2-3H3. The third kappa shape index (κ3) is 2.12. The van der Waals surface area contributed by atoms with Crippen molar-refractivity contribution in [3.63, 3.8) is 0 Å². The van der Waals surface area contributed by atoms with Gasteiger partial charge in [0.2, 0.25) is 0 Å². The van der Waals surface area contributed by atoms with Crippen molar-refractivity contribution in [1.29, 1.82) is 0 Å². The molecule has 2 bridgehead atoms. The van der Waals surface area contributed by atoms with E-state index in [0.717, 1.165) is 0 Å². The van der Waals surface area contributed by atoms with Crippen molar-refractivity contribution in [3.8, 4) is 0 Å². The fraction of sp³-hybridized carbons (Fsp3) is 0.643. The van der Waals surface area contributed by atoms with E-state index in [1.165, 1.54) is 6.92 Å². The van der Waals surface area contributed by atoms with Crippen LogP contribution in [-0.2, 0) is 33.3 Å². The van der Waals surface area contributed by atoms with Crippen molar-refractivity contribution in [1.82, 2.24) is 0 Å². The minimum Gasteiger partial charge on any atom is -0.455 e. The third-order valence-corrected chi connectivity index (χ3v) is 4.19. The average Bonchev–Trinajstić information content (AvgIpc) is 3.00. The normalized spacial score (nSPS) is 39.0. The minimum absolute atomic E-state index is 0.0583. The highest BCUT2D eigenvalue weighted by molar-refractivity contribution is 5.88. The molecule has 0 aromatic rings. The first kappa shape index (κ1) is 14.1. The van der Waals surface area contributed by atoms with E-state index in [-0.39, 0.29) is 35.6 Å². The zero-order valence-corrected chi connectivity index (χ0v) is 11.7. The fourth-order valence-corrected chi connectivity index (χ4v) is 3.19. The molecule has 0 saturated carbocycles. The molecule has 0 spiro atoms. The summed E-state index contributed by atoms with van der Waals surface area (Å²) in [5, 5.41) is 0. The molecule has 0 aliphatic carbocycles. The van der Waals surface area contributed by atoms with E-state index in [4.69, 9.17) is 18.9 Å². The molecule has 3 aliphatic rings. The van der Waals surface area contributed by atoms with E-state index in [9.17, 15) is 14.4 Å². The van der Waals surface area contributed by atoms with E-state index in [1.807, 2.05) is 6.92 Å². The number of hydrogen-bond donors (Lipinski definition) is 0. The van der Waals surface area contributed by atoms with E-state index in [2.05, 4.69) is 6.58 Å². The summed E-state index contributed by atoms with van der Waals surface area (Å²) in [5.74, 6) is -1.98. The molecular weight excluding hydrogens is 280 g/mol. The van der Waals surface area contributed by atoms with Gasteiger partial charge in [0.15, 0.2) is 18.8 Å². The molecule has 0 N–H and O–H groups in total. The Bertz CT molecular complexity index is 525. The van der Waals surface area contributed by atoms with Crippen molar-refractivity contribution in [3.05, 3.63) is 12.2 Å². The van der Waals surface area contributed by atoms with Gasteiger partial charge >= 0.3 is 17.9 Å². The lowest BCUT2D eigenvalue weighted by Gasteiger charge is -2.25. The summed E-state index contributed by atoms with van der Waals surface area (Å²) in [5.41, 5.74) is 0.201. The molecule has 7 heteroatoms. The summed E-state index contributed by atoms with van der Waals surface area (Å²) < 4.78 is 20.9. The fourth-order valence-electron chi connectivity index (χ4n) is 3.19. The predicted molar refractivity (Wildman–Crippen MR) is 66.8 cm³/mol. The Labute approximate surface area is 121 Å². The van der Waals surface area contributed by atoms with Gasteiger partial charge in [0.05, 0.1) is 5.92 Å². The van der Waals surface area contributed by atoms with Crippen molar-refractivity contribution < 1.29 is 33.3 Å². The molecule has 3 aliphatic heterocycles. The molecular formula is C14H16O7. The molecule has 0 amide bonds. The van der Waals surface area contributed by atoms with Gasteiger partial charge in [-0.15, -0.1) is 0 Å². The summed E-state index contributed by atoms with van der Waals surface area (Å²) in [6.45, 7) is 6.27. The van der Waals surface area contributed by atoms with Crippen LogP contribution in [0.15, 0.2) is 12.2 Å². The van der Waals surface area contributed by atoms with Crippen LogP contribution in [0.4, 0.5) is 0 Å². The quantitative estimate of drug-likeness (QED) is 0.409. The summed E-state index contributed by atoms with van der Waals surface area (Å²) in [4.78, 5) is 34.7. The van der Waals surface area contributed by atoms with Crippen LogP contribution in [0.3, 0.4) is 0 Å². The average molecular weight is 296 g/mol. The molecule has 6 atom stereocenters. The molecule has 21 heavy (non-hydrogen) atoms. The Kier molecular flexibility index (Phi) is 3.24. The van der Waals surface area contributed by atoms with Crippen LogP contribution in [-0.4, -0.2) is 48.9 Å². The lowest BCUT2D eigenvalue weighted by molar-refractivity contribution is -0.168. The molecule has 0 aromatic carbocycles. The maximum absolute atomic E-state index is 11.7. The van der Waals surface area contributed by atoms with Gasteiger partial charge in [-0.05, 0) is 6.92 Å². The number of rotatable bonds is 4. The molecule has 6 unspecified atom stereocenters. The smallest absolute Gasteiger partial charge is 0.344 e. The van der Waals surface area contributed by atoms with Gasteiger partial charge < -0.3 is 18.9 Å². The predicted octanol–water partition coefficient (Wildman–Crippen LogP) is -0.0238. The highest BCUT2D eigenvalue weighted by Crippen LogP contribution is 2.50. The second-order valence-corrected chi connectivity index (χ2v) is 5.66. The second-order valence-electron chi connectivity index (χ2n) is 5.66. The molecule has 0 aromatic heterocycles. The Morgan fingerprint density at radius 3 is 2.67 bits per heavy atom. The van der Waals surface area contributed by atoms with Crippen LogP contribution >= 0.6 is 0 Å². The van der Waals surface area contributed by atoms with Crippen molar-refractivity contribution >= 4 is 17.9 Å². The van der Waals surface area contributed by atoms with E-state index < -0.39 is 30.8 Å². The number of carbonyl (C=O) groups is 3. The highest BCUT2D eigenvalue weighted by Gasteiger charge is 2.68. The molecule has 114 valence electrons. The Morgan fingerprint density at radius 1 is 1.29 bits per heavy atom. The van der Waals surface area contributed by atoms with Gasteiger partial charge in [-0.3, -0.25) is 4.79 Å². The molecule has 3 rings (SSSR count). The first-order chi connectivity index (χ1) is 9.90. The second kappa shape index (κ2) is 4.84. The summed E-state index contributed by atoms with van der Waals surface area (Å²) in [6, 6.07) is 0. The summed E-state index contributed by atoms with van der Waals surface area (Å²) >= 11 is 0. The largest absolute Gasteiger partial charge is 0.455 e. The van der Waals surface area contributed by atoms with Crippen LogP contribution in [0.5, 0.6) is 0 Å². The summed E-state index contributed by atoms with van der Waals surface area (Å²) in [6.07, 6.45) is -1.88. The SMILES string of the molecule is C=C(C)C(=O)OCC(=O)OC1C2OC3C1OC(=O)C3C2C. The molecule has 7 nitrogen and oxygen atoms in total. The Hall–Kier alpha value is -1.89. The minimum atomic E-state index is -0.697. The van der Waals surface area contributed by atoms with Gasteiger partial charge in [-0.2, -0.15) is 0 Å². The van der Waals surface area contributed by atoms with E-state index >= 15 is 0 Å². The van der Waals surface area contributed by atoms with E-state index in [1.54, 1.807) is 0 Å². The number of esters is 3. The van der Waals surface area contributed by atoms with Gasteiger partial charge in [0.1, 0.15) is 12.2 Å². The zero-order valence-electron chi connectivity index (χ0n) is 11.7. The Balaban J connectivity index is 1.59. The van der Waals surface area contributed by atoms with Crippen LogP contribution in [0.2, 0.25) is 0 Å². The first-order valence-electron chi connectivity index (χ1n) is 6.78. The maximum Gasteiger partial charge on any atom is 0.344 e. The van der Waals surface area contributed by atoms with Crippen molar-refractivity contribution in [2.45, 2.75) is 38.3 Å².